The van der Waals surface area contributed by atoms with Gasteiger partial charge in [0.25, 0.3) is 6.43 Å². The fourth-order valence-electron chi connectivity index (χ4n) is 1.30. The van der Waals surface area contributed by atoms with Crippen LogP contribution in [0.15, 0.2) is 6.20 Å². The standard InChI is InChI=1S/C11H14F2N2O2/c1-6(2)3-4-8-14-5-7(11(16)17)9(15-8)10(12)13/h5-6,10H,3-4H2,1-2H3,(H,16,17). The van der Waals surface area contributed by atoms with Crippen LogP contribution in [0.1, 0.15) is 48.6 Å². The molecule has 0 saturated carbocycles. The molecule has 0 bridgehead atoms. The number of aromatic carboxylic acids is 1. The molecule has 1 aromatic rings. The minimum Gasteiger partial charge on any atom is -0.478 e. The molecule has 0 aromatic carbocycles. The number of aryl methyl sites for hydroxylation is 1. The fraction of sp³-hybridized carbons (Fsp3) is 0.545. The smallest absolute Gasteiger partial charge is 0.339 e. The van der Waals surface area contributed by atoms with Gasteiger partial charge in [0.05, 0.1) is 0 Å². The van der Waals surface area contributed by atoms with Gasteiger partial charge in [0.2, 0.25) is 0 Å². The van der Waals surface area contributed by atoms with Gasteiger partial charge in [0.1, 0.15) is 17.1 Å². The van der Waals surface area contributed by atoms with E-state index in [9.17, 15) is 13.6 Å². The molecule has 0 aliphatic rings. The molecular formula is C11H14F2N2O2. The molecule has 0 fully saturated rings. The minimum absolute atomic E-state index is 0.263. The third-order valence-electron chi connectivity index (χ3n) is 2.25. The lowest BCUT2D eigenvalue weighted by Crippen LogP contribution is -2.10. The Morgan fingerprint density at radius 1 is 1.47 bits per heavy atom. The molecule has 0 saturated heterocycles. The van der Waals surface area contributed by atoms with E-state index < -0.39 is 23.7 Å². The Hall–Kier alpha value is -1.59. The van der Waals surface area contributed by atoms with Gasteiger partial charge in [-0.2, -0.15) is 0 Å². The Labute approximate surface area is 97.7 Å². The molecule has 17 heavy (non-hydrogen) atoms. The number of carboxylic acids is 1. The van der Waals surface area contributed by atoms with Crippen LogP contribution < -0.4 is 0 Å². The molecule has 0 aliphatic carbocycles. The van der Waals surface area contributed by atoms with Gasteiger partial charge in [-0.25, -0.2) is 23.5 Å². The molecule has 1 heterocycles. The number of hydrogen-bond donors (Lipinski definition) is 1. The second-order valence-electron chi connectivity index (χ2n) is 4.12. The summed E-state index contributed by atoms with van der Waals surface area (Å²) in [6.07, 6.45) is -0.708. The van der Waals surface area contributed by atoms with Gasteiger partial charge in [0, 0.05) is 12.6 Å². The second-order valence-corrected chi connectivity index (χ2v) is 4.12. The van der Waals surface area contributed by atoms with Gasteiger partial charge in [-0.15, -0.1) is 0 Å². The Morgan fingerprint density at radius 2 is 2.12 bits per heavy atom. The molecule has 0 amide bonds. The molecule has 0 atom stereocenters. The molecule has 94 valence electrons. The summed E-state index contributed by atoms with van der Waals surface area (Å²) in [4.78, 5) is 18.1. The molecule has 1 rings (SSSR count). The van der Waals surface area contributed by atoms with Crippen LogP contribution in [0.5, 0.6) is 0 Å². The highest BCUT2D eigenvalue weighted by Gasteiger charge is 2.21. The quantitative estimate of drug-likeness (QED) is 0.864. The van der Waals surface area contributed by atoms with Gasteiger partial charge in [-0.1, -0.05) is 13.8 Å². The molecule has 6 heteroatoms. The van der Waals surface area contributed by atoms with E-state index in [1.165, 1.54) is 0 Å². The van der Waals surface area contributed by atoms with E-state index in [1.807, 2.05) is 13.8 Å². The summed E-state index contributed by atoms with van der Waals surface area (Å²) in [5, 5.41) is 8.71. The van der Waals surface area contributed by atoms with Crippen molar-refractivity contribution in [3.63, 3.8) is 0 Å². The molecule has 0 aliphatic heterocycles. The summed E-state index contributed by atoms with van der Waals surface area (Å²) in [7, 11) is 0. The zero-order chi connectivity index (χ0) is 13.0. The zero-order valence-electron chi connectivity index (χ0n) is 9.65. The fourth-order valence-corrected chi connectivity index (χ4v) is 1.30. The van der Waals surface area contributed by atoms with Crippen LogP contribution in [0, 0.1) is 5.92 Å². The average molecular weight is 244 g/mol. The highest BCUT2D eigenvalue weighted by atomic mass is 19.3. The topological polar surface area (TPSA) is 63.1 Å². The number of alkyl halides is 2. The highest BCUT2D eigenvalue weighted by molar-refractivity contribution is 5.88. The van der Waals surface area contributed by atoms with Crippen LogP contribution in [-0.4, -0.2) is 21.0 Å². The van der Waals surface area contributed by atoms with Gasteiger partial charge in [-0.3, -0.25) is 0 Å². The molecule has 4 nitrogen and oxygen atoms in total. The Kier molecular flexibility index (Phi) is 4.48. The van der Waals surface area contributed by atoms with Crippen molar-refractivity contribution < 1.29 is 18.7 Å². The average Bonchev–Trinajstić information content (AvgIpc) is 2.25. The number of carbonyl (C=O) groups is 1. The molecule has 1 N–H and O–H groups in total. The van der Waals surface area contributed by atoms with E-state index in [1.54, 1.807) is 0 Å². The summed E-state index contributed by atoms with van der Waals surface area (Å²) in [5.41, 5.74) is -1.24. The van der Waals surface area contributed by atoms with Gasteiger partial charge in [-0.05, 0) is 12.3 Å². The summed E-state index contributed by atoms with van der Waals surface area (Å²) in [5.74, 6) is -0.762. The van der Waals surface area contributed by atoms with Crippen molar-refractivity contribution in [2.24, 2.45) is 5.92 Å². The van der Waals surface area contributed by atoms with Crippen molar-refractivity contribution in [3.05, 3.63) is 23.3 Å². The van der Waals surface area contributed by atoms with Crippen molar-refractivity contribution in [1.29, 1.82) is 0 Å². The van der Waals surface area contributed by atoms with Crippen molar-refractivity contribution in [2.45, 2.75) is 33.1 Å². The van der Waals surface area contributed by atoms with E-state index in [0.717, 1.165) is 12.6 Å². The van der Waals surface area contributed by atoms with Crippen molar-refractivity contribution in [2.75, 3.05) is 0 Å². The van der Waals surface area contributed by atoms with E-state index >= 15 is 0 Å². The lowest BCUT2D eigenvalue weighted by atomic mass is 10.1. The van der Waals surface area contributed by atoms with E-state index in [4.69, 9.17) is 5.11 Å². The first-order chi connectivity index (χ1) is 7.91. The Morgan fingerprint density at radius 3 is 2.59 bits per heavy atom. The SMILES string of the molecule is CC(C)CCc1ncc(C(=O)O)c(C(F)F)n1. The van der Waals surface area contributed by atoms with Crippen LogP contribution in [0.3, 0.4) is 0 Å². The molecule has 0 spiro atoms. The predicted octanol–water partition coefficient (Wildman–Crippen LogP) is 2.70. The third kappa shape index (κ3) is 3.72. The molecule has 1 aromatic heterocycles. The van der Waals surface area contributed by atoms with Crippen molar-refractivity contribution in [1.82, 2.24) is 9.97 Å². The normalized spacial score (nSPS) is 11.2. The summed E-state index contributed by atoms with van der Waals surface area (Å²) >= 11 is 0. The number of rotatable bonds is 5. The van der Waals surface area contributed by atoms with E-state index in [-0.39, 0.29) is 5.82 Å². The van der Waals surface area contributed by atoms with Crippen LogP contribution >= 0.6 is 0 Å². The van der Waals surface area contributed by atoms with Crippen molar-refractivity contribution in [3.8, 4) is 0 Å². The van der Waals surface area contributed by atoms with Gasteiger partial charge >= 0.3 is 5.97 Å². The number of hydrogen-bond acceptors (Lipinski definition) is 3. The monoisotopic (exact) mass is 244 g/mol. The maximum atomic E-state index is 12.6. The second kappa shape index (κ2) is 5.65. The number of nitrogens with zero attached hydrogens (tertiary/aromatic N) is 2. The minimum atomic E-state index is -2.90. The van der Waals surface area contributed by atoms with Crippen LogP contribution in [-0.2, 0) is 6.42 Å². The summed E-state index contributed by atoms with van der Waals surface area (Å²) < 4.78 is 25.2. The number of aromatic nitrogens is 2. The first-order valence-corrected chi connectivity index (χ1v) is 5.29. The third-order valence-corrected chi connectivity index (χ3v) is 2.25. The van der Waals surface area contributed by atoms with Crippen LogP contribution in [0.25, 0.3) is 0 Å². The maximum Gasteiger partial charge on any atom is 0.339 e. The number of halogens is 2. The molecule has 0 unspecified atom stereocenters. The first-order valence-electron chi connectivity index (χ1n) is 5.29. The predicted molar refractivity (Wildman–Crippen MR) is 57.1 cm³/mol. The first kappa shape index (κ1) is 13.5. The molecular weight excluding hydrogens is 230 g/mol. The zero-order valence-corrected chi connectivity index (χ0v) is 9.65. The number of carboxylic acid groups (broad SMARTS) is 1. The van der Waals surface area contributed by atoms with Crippen LogP contribution in [0.2, 0.25) is 0 Å². The van der Waals surface area contributed by atoms with E-state index in [0.29, 0.717) is 12.3 Å². The Balaban J connectivity index is 2.97. The van der Waals surface area contributed by atoms with Crippen molar-refractivity contribution >= 4 is 5.97 Å². The lowest BCUT2D eigenvalue weighted by Gasteiger charge is -2.07. The Bertz CT molecular complexity index is 408. The van der Waals surface area contributed by atoms with E-state index in [2.05, 4.69) is 9.97 Å². The summed E-state index contributed by atoms with van der Waals surface area (Å²) in [6, 6.07) is 0. The molecule has 0 radical (unpaired) electrons. The summed E-state index contributed by atoms with van der Waals surface area (Å²) in [6.45, 7) is 4.00. The van der Waals surface area contributed by atoms with Gasteiger partial charge in [0.15, 0.2) is 0 Å². The highest BCUT2D eigenvalue weighted by Crippen LogP contribution is 2.20. The lowest BCUT2D eigenvalue weighted by molar-refractivity contribution is 0.0681. The largest absolute Gasteiger partial charge is 0.478 e. The van der Waals surface area contributed by atoms with Gasteiger partial charge < -0.3 is 5.11 Å². The van der Waals surface area contributed by atoms with Crippen LogP contribution in [0.4, 0.5) is 8.78 Å². The maximum absolute atomic E-state index is 12.6.